The van der Waals surface area contributed by atoms with Crippen molar-refractivity contribution in [2.24, 2.45) is 11.3 Å². The van der Waals surface area contributed by atoms with Gasteiger partial charge in [-0.3, -0.25) is 9.59 Å². The summed E-state index contributed by atoms with van der Waals surface area (Å²) >= 11 is 1.66. The Bertz CT molecular complexity index is 422. The number of hydrogen-bond donors (Lipinski definition) is 2. The second-order valence-corrected chi connectivity index (χ2v) is 8.70. The first-order valence-electron chi connectivity index (χ1n) is 8.16. The van der Waals surface area contributed by atoms with E-state index in [0.29, 0.717) is 24.0 Å². The Labute approximate surface area is 138 Å². The molecule has 0 aromatic rings. The molecule has 0 bridgehead atoms. The topological polar surface area (TPSA) is 61.4 Å². The van der Waals surface area contributed by atoms with Crippen LogP contribution in [0.15, 0.2) is 0 Å². The van der Waals surface area contributed by atoms with Crippen LogP contribution in [0.5, 0.6) is 0 Å². The van der Waals surface area contributed by atoms with Gasteiger partial charge in [0.05, 0.1) is 5.88 Å². The summed E-state index contributed by atoms with van der Waals surface area (Å²) in [7, 11) is 0. The fraction of sp³-hybridized carbons (Fsp3) is 0.875. The highest BCUT2D eigenvalue weighted by atomic mass is 32.2. The van der Waals surface area contributed by atoms with Crippen LogP contribution >= 0.6 is 11.8 Å². The number of rotatable bonds is 3. The molecule has 2 saturated heterocycles. The Morgan fingerprint density at radius 2 is 2.09 bits per heavy atom. The molecule has 0 aromatic heterocycles. The molecule has 126 valence electrons. The molecule has 2 N–H and O–H groups in total. The summed E-state index contributed by atoms with van der Waals surface area (Å²) in [5, 5.41) is 6.48. The molecule has 0 aromatic carbocycles. The molecule has 22 heavy (non-hydrogen) atoms. The van der Waals surface area contributed by atoms with Crippen LogP contribution in [0, 0.1) is 11.3 Å². The third-order valence-electron chi connectivity index (χ3n) is 4.34. The molecule has 2 heterocycles. The number of nitrogens with zero attached hydrogens (tertiary/aromatic N) is 1. The van der Waals surface area contributed by atoms with Crippen LogP contribution in [-0.2, 0) is 9.59 Å². The molecule has 3 atom stereocenters. The van der Waals surface area contributed by atoms with Gasteiger partial charge in [-0.05, 0) is 24.3 Å². The third-order valence-corrected chi connectivity index (χ3v) is 5.35. The molecule has 5 nitrogen and oxygen atoms in total. The van der Waals surface area contributed by atoms with Crippen molar-refractivity contribution in [1.29, 1.82) is 0 Å². The highest BCUT2D eigenvalue weighted by molar-refractivity contribution is 7.99. The highest BCUT2D eigenvalue weighted by Crippen LogP contribution is 2.26. The van der Waals surface area contributed by atoms with Crippen molar-refractivity contribution < 1.29 is 9.59 Å². The molecule has 6 heteroatoms. The maximum atomic E-state index is 12.6. The number of hydrogen-bond acceptors (Lipinski definition) is 4. The summed E-state index contributed by atoms with van der Waals surface area (Å²) in [6.45, 7) is 10.2. The van der Waals surface area contributed by atoms with Gasteiger partial charge < -0.3 is 15.5 Å². The predicted octanol–water partition coefficient (Wildman–Crippen LogP) is 1.44. The first kappa shape index (κ1) is 17.6. The minimum Gasteiger partial charge on any atom is -0.350 e. The molecule has 2 aliphatic heterocycles. The minimum absolute atomic E-state index is 0.00723. The van der Waals surface area contributed by atoms with E-state index in [1.54, 1.807) is 16.7 Å². The van der Waals surface area contributed by atoms with E-state index in [1.165, 1.54) is 0 Å². The highest BCUT2D eigenvalue weighted by Gasteiger charge is 2.37. The molecule has 0 radical (unpaired) electrons. The number of carbonyl (C=O) groups excluding carboxylic acids is 2. The van der Waals surface area contributed by atoms with Crippen LogP contribution in [-0.4, -0.2) is 53.5 Å². The molecule has 2 rings (SSSR count). The molecule has 2 aliphatic rings. The van der Waals surface area contributed by atoms with E-state index < -0.39 is 0 Å². The van der Waals surface area contributed by atoms with Gasteiger partial charge in [-0.2, -0.15) is 0 Å². The van der Waals surface area contributed by atoms with Gasteiger partial charge in [0.25, 0.3) is 0 Å². The number of carbonyl (C=O) groups is 2. The summed E-state index contributed by atoms with van der Waals surface area (Å²) in [5.74, 6) is 1.92. The fourth-order valence-corrected chi connectivity index (χ4v) is 4.10. The standard InChI is InChI=1S/C16H29N3O2S/c1-11-5-6-17-8-12(11)18-15(21)13-9-22-10-19(13)14(20)7-16(2,3)4/h11-13,17H,5-10H2,1-4H3,(H,18,21). The van der Waals surface area contributed by atoms with Crippen molar-refractivity contribution in [2.45, 2.75) is 52.6 Å². The number of amides is 2. The van der Waals surface area contributed by atoms with Crippen LogP contribution in [0.3, 0.4) is 0 Å². The SMILES string of the molecule is CC1CCNCC1NC(=O)C1CSCN1C(=O)CC(C)(C)C. The van der Waals surface area contributed by atoms with Gasteiger partial charge in [-0.25, -0.2) is 0 Å². The zero-order valence-electron chi connectivity index (χ0n) is 14.1. The lowest BCUT2D eigenvalue weighted by Gasteiger charge is -2.33. The normalized spacial score (nSPS) is 29.5. The van der Waals surface area contributed by atoms with Crippen LogP contribution in [0.25, 0.3) is 0 Å². The van der Waals surface area contributed by atoms with Crippen molar-refractivity contribution in [3.05, 3.63) is 0 Å². The molecule has 2 fully saturated rings. The zero-order valence-corrected chi connectivity index (χ0v) is 15.0. The van der Waals surface area contributed by atoms with Gasteiger partial charge in [0.15, 0.2) is 0 Å². The quantitative estimate of drug-likeness (QED) is 0.823. The summed E-state index contributed by atoms with van der Waals surface area (Å²) in [5.41, 5.74) is -0.0484. The lowest BCUT2D eigenvalue weighted by atomic mass is 9.91. The van der Waals surface area contributed by atoms with Crippen molar-refractivity contribution in [3.63, 3.8) is 0 Å². The van der Waals surface area contributed by atoms with Gasteiger partial charge >= 0.3 is 0 Å². The van der Waals surface area contributed by atoms with E-state index in [4.69, 9.17) is 0 Å². The molecule has 3 unspecified atom stereocenters. The zero-order chi connectivity index (χ0) is 16.3. The average molecular weight is 327 g/mol. The second-order valence-electron chi connectivity index (χ2n) is 7.70. The van der Waals surface area contributed by atoms with E-state index in [0.717, 1.165) is 19.5 Å². The second kappa shape index (κ2) is 7.21. The van der Waals surface area contributed by atoms with Crippen LogP contribution in [0.4, 0.5) is 0 Å². The predicted molar refractivity (Wildman–Crippen MR) is 90.6 cm³/mol. The van der Waals surface area contributed by atoms with Gasteiger partial charge in [-0.15, -0.1) is 11.8 Å². The van der Waals surface area contributed by atoms with Crippen LogP contribution in [0.1, 0.15) is 40.5 Å². The van der Waals surface area contributed by atoms with E-state index in [-0.39, 0.29) is 29.3 Å². The van der Waals surface area contributed by atoms with E-state index in [9.17, 15) is 9.59 Å². The Morgan fingerprint density at radius 3 is 2.73 bits per heavy atom. The van der Waals surface area contributed by atoms with Crippen LogP contribution < -0.4 is 10.6 Å². The number of piperidine rings is 1. The average Bonchev–Trinajstić information content (AvgIpc) is 2.89. The van der Waals surface area contributed by atoms with Gasteiger partial charge in [0, 0.05) is 24.8 Å². The van der Waals surface area contributed by atoms with Crippen molar-refractivity contribution in [2.75, 3.05) is 24.7 Å². The van der Waals surface area contributed by atoms with E-state index in [1.807, 2.05) is 0 Å². The Kier molecular flexibility index (Phi) is 5.77. The molecular formula is C16H29N3O2S. The Morgan fingerprint density at radius 1 is 1.36 bits per heavy atom. The van der Waals surface area contributed by atoms with E-state index in [2.05, 4.69) is 38.3 Å². The lowest BCUT2D eigenvalue weighted by Crippen LogP contribution is -2.55. The smallest absolute Gasteiger partial charge is 0.243 e. The monoisotopic (exact) mass is 327 g/mol. The maximum absolute atomic E-state index is 12.6. The summed E-state index contributed by atoms with van der Waals surface area (Å²) in [6, 6.07) is -0.139. The van der Waals surface area contributed by atoms with Gasteiger partial charge in [0.1, 0.15) is 6.04 Å². The van der Waals surface area contributed by atoms with Crippen molar-refractivity contribution in [3.8, 4) is 0 Å². The lowest BCUT2D eigenvalue weighted by molar-refractivity contribution is -0.139. The molecule has 0 aliphatic carbocycles. The Balaban J connectivity index is 1.94. The van der Waals surface area contributed by atoms with Crippen molar-refractivity contribution >= 4 is 23.6 Å². The fourth-order valence-electron chi connectivity index (χ4n) is 2.92. The first-order chi connectivity index (χ1) is 10.3. The first-order valence-corrected chi connectivity index (χ1v) is 9.32. The van der Waals surface area contributed by atoms with Crippen molar-refractivity contribution in [1.82, 2.24) is 15.5 Å². The number of thioether (sulfide) groups is 1. The maximum Gasteiger partial charge on any atom is 0.243 e. The van der Waals surface area contributed by atoms with E-state index >= 15 is 0 Å². The molecular weight excluding hydrogens is 298 g/mol. The third kappa shape index (κ3) is 4.62. The number of nitrogens with one attached hydrogen (secondary N) is 2. The van der Waals surface area contributed by atoms with Gasteiger partial charge in [0.2, 0.25) is 11.8 Å². The largest absolute Gasteiger partial charge is 0.350 e. The molecule has 2 amide bonds. The molecule has 0 spiro atoms. The molecule has 0 saturated carbocycles. The summed E-state index contributed by atoms with van der Waals surface area (Å²) < 4.78 is 0. The van der Waals surface area contributed by atoms with Crippen LogP contribution in [0.2, 0.25) is 0 Å². The summed E-state index contributed by atoms with van der Waals surface area (Å²) in [4.78, 5) is 26.8. The minimum atomic E-state index is -0.311. The summed E-state index contributed by atoms with van der Waals surface area (Å²) in [6.07, 6.45) is 1.57. The van der Waals surface area contributed by atoms with Gasteiger partial charge in [-0.1, -0.05) is 27.7 Å². The Hall–Kier alpha value is -0.750.